The summed E-state index contributed by atoms with van der Waals surface area (Å²) in [5.74, 6) is 0.514. The quantitative estimate of drug-likeness (QED) is 0.799. The van der Waals surface area contributed by atoms with E-state index >= 15 is 0 Å². The zero-order chi connectivity index (χ0) is 14.8. The summed E-state index contributed by atoms with van der Waals surface area (Å²) in [5.41, 5.74) is 2.47. The number of carbonyl (C=O) groups is 1. The van der Waals surface area contributed by atoms with Crippen molar-refractivity contribution in [1.82, 2.24) is 9.80 Å². The van der Waals surface area contributed by atoms with Crippen molar-refractivity contribution in [3.05, 3.63) is 35.8 Å². The van der Waals surface area contributed by atoms with Crippen LogP contribution in [0.3, 0.4) is 0 Å². The molecule has 2 unspecified atom stereocenters. The average molecular weight is 288 g/mol. The van der Waals surface area contributed by atoms with E-state index < -0.39 is 0 Å². The lowest BCUT2D eigenvalue weighted by Crippen LogP contribution is -2.47. The summed E-state index contributed by atoms with van der Waals surface area (Å²) >= 11 is 0. The Morgan fingerprint density at radius 3 is 2.95 bits per heavy atom. The van der Waals surface area contributed by atoms with Gasteiger partial charge in [-0.2, -0.15) is 0 Å². The molecule has 4 rings (SSSR count). The third-order valence-electron chi connectivity index (χ3n) is 4.55. The van der Waals surface area contributed by atoms with Crippen molar-refractivity contribution < 1.29 is 9.21 Å². The van der Waals surface area contributed by atoms with Crippen LogP contribution in [-0.4, -0.2) is 41.4 Å². The zero-order valence-electron chi connectivity index (χ0n) is 12.9. The molecule has 0 saturated carbocycles. The first-order valence-electron chi connectivity index (χ1n) is 7.81. The Labute approximate surface area is 126 Å². The Morgan fingerprint density at radius 2 is 2.24 bits per heavy atom. The SMILES string of the molecule is CC(C)=CCN1C(=O)C2CCC1CN(Cc1ccoc1)C2. The number of carbonyl (C=O) groups excluding carboxylic acids is 1. The van der Waals surface area contributed by atoms with Crippen LogP contribution in [0.5, 0.6) is 0 Å². The maximum Gasteiger partial charge on any atom is 0.227 e. The highest BCUT2D eigenvalue weighted by atomic mass is 16.3. The summed E-state index contributed by atoms with van der Waals surface area (Å²) in [5, 5.41) is 0. The summed E-state index contributed by atoms with van der Waals surface area (Å²) in [7, 11) is 0. The van der Waals surface area contributed by atoms with Gasteiger partial charge in [-0.1, -0.05) is 11.6 Å². The number of rotatable bonds is 4. The van der Waals surface area contributed by atoms with Crippen molar-refractivity contribution in [3.8, 4) is 0 Å². The topological polar surface area (TPSA) is 36.7 Å². The van der Waals surface area contributed by atoms with Crippen molar-refractivity contribution in [3.63, 3.8) is 0 Å². The maximum atomic E-state index is 12.6. The second-order valence-corrected chi connectivity index (χ2v) is 6.53. The molecule has 4 heterocycles. The summed E-state index contributed by atoms with van der Waals surface area (Å²) in [6, 6.07) is 2.37. The maximum absolute atomic E-state index is 12.6. The number of piperidine rings is 1. The minimum Gasteiger partial charge on any atom is -0.472 e. The molecule has 2 atom stereocenters. The van der Waals surface area contributed by atoms with Gasteiger partial charge in [-0.25, -0.2) is 0 Å². The third kappa shape index (κ3) is 3.21. The molecular weight excluding hydrogens is 264 g/mol. The van der Waals surface area contributed by atoms with Gasteiger partial charge in [0, 0.05) is 37.8 Å². The van der Waals surface area contributed by atoms with Crippen LogP contribution in [0, 0.1) is 5.92 Å². The first-order valence-corrected chi connectivity index (χ1v) is 7.81. The lowest BCUT2D eigenvalue weighted by atomic mass is 9.94. The van der Waals surface area contributed by atoms with Gasteiger partial charge in [0.1, 0.15) is 0 Å². The van der Waals surface area contributed by atoms with Crippen molar-refractivity contribution in [2.75, 3.05) is 19.6 Å². The standard InChI is InChI=1S/C17H24N2O2/c1-13(2)5-7-19-16-4-3-15(17(19)20)10-18(11-16)9-14-6-8-21-12-14/h5-6,8,12,15-16H,3-4,7,9-11H2,1-2H3. The van der Waals surface area contributed by atoms with Gasteiger partial charge in [0.2, 0.25) is 5.91 Å². The number of fused-ring (bicyclic) bond motifs is 4. The number of hydrogen-bond donors (Lipinski definition) is 0. The second kappa shape index (κ2) is 6.06. The number of amides is 1. The van der Waals surface area contributed by atoms with Crippen LogP contribution in [0.25, 0.3) is 0 Å². The Hall–Kier alpha value is -1.55. The van der Waals surface area contributed by atoms with Crippen LogP contribution in [0.2, 0.25) is 0 Å². The molecule has 114 valence electrons. The van der Waals surface area contributed by atoms with E-state index in [2.05, 4.69) is 29.7 Å². The van der Waals surface area contributed by atoms with Gasteiger partial charge in [0.05, 0.1) is 18.4 Å². The molecule has 0 radical (unpaired) electrons. The molecule has 1 amide bonds. The highest BCUT2D eigenvalue weighted by Gasteiger charge is 2.39. The Kier molecular flexibility index (Phi) is 4.15. The molecule has 3 aliphatic rings. The van der Waals surface area contributed by atoms with Crippen molar-refractivity contribution >= 4 is 5.91 Å². The van der Waals surface area contributed by atoms with E-state index in [-0.39, 0.29) is 5.92 Å². The fourth-order valence-corrected chi connectivity index (χ4v) is 3.42. The molecular formula is C17H24N2O2. The average Bonchev–Trinajstić information content (AvgIpc) is 2.80. The summed E-state index contributed by atoms with van der Waals surface area (Å²) in [4.78, 5) is 17.1. The Bertz CT molecular complexity index is 517. The highest BCUT2D eigenvalue weighted by Crippen LogP contribution is 2.29. The van der Waals surface area contributed by atoms with Gasteiger partial charge >= 0.3 is 0 Å². The van der Waals surface area contributed by atoms with Crippen LogP contribution in [0.4, 0.5) is 0 Å². The number of furan rings is 1. The largest absolute Gasteiger partial charge is 0.472 e. The highest BCUT2D eigenvalue weighted by molar-refractivity contribution is 5.80. The minimum atomic E-state index is 0.168. The van der Waals surface area contributed by atoms with Crippen LogP contribution in [0.1, 0.15) is 32.3 Å². The molecule has 21 heavy (non-hydrogen) atoms. The summed E-state index contributed by atoms with van der Waals surface area (Å²) < 4.78 is 5.15. The molecule has 3 aliphatic heterocycles. The van der Waals surface area contributed by atoms with Gasteiger partial charge in [0.25, 0.3) is 0 Å². The summed E-state index contributed by atoms with van der Waals surface area (Å²) in [6.45, 7) is 7.68. The van der Waals surface area contributed by atoms with Gasteiger partial charge < -0.3 is 9.32 Å². The molecule has 1 aromatic heterocycles. The van der Waals surface area contributed by atoms with E-state index in [1.54, 1.807) is 12.5 Å². The van der Waals surface area contributed by atoms with Gasteiger partial charge in [-0.15, -0.1) is 0 Å². The van der Waals surface area contributed by atoms with Crippen molar-refractivity contribution in [1.29, 1.82) is 0 Å². The molecule has 4 heteroatoms. The molecule has 0 N–H and O–H groups in total. The monoisotopic (exact) mass is 288 g/mol. The predicted octanol–water partition coefficient (Wildman–Crippen LogP) is 2.67. The van der Waals surface area contributed by atoms with Crippen LogP contribution >= 0.6 is 0 Å². The molecule has 3 saturated heterocycles. The van der Waals surface area contributed by atoms with E-state index in [9.17, 15) is 4.79 Å². The van der Waals surface area contributed by atoms with E-state index in [1.807, 2.05) is 6.07 Å². The Balaban J connectivity index is 1.72. The lowest BCUT2D eigenvalue weighted by molar-refractivity contribution is -0.139. The van der Waals surface area contributed by atoms with Gasteiger partial charge in [0.15, 0.2) is 0 Å². The fraction of sp³-hybridized carbons (Fsp3) is 0.588. The molecule has 0 spiro atoms. The van der Waals surface area contributed by atoms with Gasteiger partial charge in [-0.05, 0) is 32.8 Å². The van der Waals surface area contributed by atoms with E-state index in [0.717, 1.165) is 39.0 Å². The normalized spacial score (nSPS) is 26.0. The van der Waals surface area contributed by atoms with E-state index in [1.165, 1.54) is 11.1 Å². The van der Waals surface area contributed by atoms with E-state index in [4.69, 9.17) is 4.42 Å². The van der Waals surface area contributed by atoms with Crippen LogP contribution in [-0.2, 0) is 11.3 Å². The minimum absolute atomic E-state index is 0.168. The number of allylic oxidation sites excluding steroid dienone is 1. The van der Waals surface area contributed by atoms with E-state index in [0.29, 0.717) is 11.9 Å². The molecule has 3 fully saturated rings. The predicted molar refractivity (Wildman–Crippen MR) is 81.6 cm³/mol. The first-order chi connectivity index (χ1) is 10.1. The van der Waals surface area contributed by atoms with Gasteiger partial charge in [-0.3, -0.25) is 9.69 Å². The third-order valence-corrected chi connectivity index (χ3v) is 4.55. The molecule has 0 aromatic carbocycles. The molecule has 0 aliphatic carbocycles. The van der Waals surface area contributed by atoms with Crippen molar-refractivity contribution in [2.45, 2.75) is 39.3 Å². The summed E-state index contributed by atoms with van der Waals surface area (Å²) in [6.07, 6.45) is 7.86. The number of hydrogen-bond acceptors (Lipinski definition) is 3. The number of nitrogens with zero attached hydrogens (tertiary/aromatic N) is 2. The molecule has 4 nitrogen and oxygen atoms in total. The van der Waals surface area contributed by atoms with Crippen LogP contribution < -0.4 is 0 Å². The van der Waals surface area contributed by atoms with Crippen molar-refractivity contribution in [2.24, 2.45) is 5.92 Å². The lowest BCUT2D eigenvalue weighted by Gasteiger charge is -2.35. The molecule has 1 aromatic rings. The zero-order valence-corrected chi connectivity index (χ0v) is 12.9. The Morgan fingerprint density at radius 1 is 1.38 bits per heavy atom. The fourth-order valence-electron chi connectivity index (χ4n) is 3.42. The first kappa shape index (κ1) is 14.4. The second-order valence-electron chi connectivity index (χ2n) is 6.53. The smallest absolute Gasteiger partial charge is 0.227 e. The van der Waals surface area contributed by atoms with Crippen LogP contribution in [0.15, 0.2) is 34.7 Å². The molecule has 2 bridgehead atoms.